The van der Waals surface area contributed by atoms with Crippen molar-refractivity contribution in [2.45, 2.75) is 45.1 Å². The molecule has 0 unspecified atom stereocenters. The first-order valence-electron chi connectivity index (χ1n) is 8.12. The van der Waals surface area contributed by atoms with E-state index in [0.717, 1.165) is 17.3 Å². The van der Waals surface area contributed by atoms with Gasteiger partial charge in [-0.25, -0.2) is 8.42 Å². The van der Waals surface area contributed by atoms with E-state index in [4.69, 9.17) is 0 Å². The summed E-state index contributed by atoms with van der Waals surface area (Å²) in [5.74, 6) is 0.400. The number of hydrogen-bond donors (Lipinski definition) is 2. The zero-order chi connectivity index (χ0) is 19.0. The van der Waals surface area contributed by atoms with Crippen LogP contribution in [0.2, 0.25) is 0 Å². The number of carbonyl (C=O) groups excluding carboxylic acids is 2. The highest BCUT2D eigenvalue weighted by molar-refractivity contribution is 8.13. The maximum Gasteiger partial charge on any atom is 0.241 e. The highest BCUT2D eigenvalue weighted by Crippen LogP contribution is 2.17. The number of nitrogens with one attached hydrogen (secondary N) is 2. The van der Waals surface area contributed by atoms with Crippen molar-refractivity contribution in [3.8, 4) is 0 Å². The Morgan fingerprint density at radius 3 is 2.28 bits per heavy atom. The van der Waals surface area contributed by atoms with Gasteiger partial charge in [-0.1, -0.05) is 43.3 Å². The molecule has 0 bridgehead atoms. The summed E-state index contributed by atoms with van der Waals surface area (Å²) in [6, 6.07) is 5.69. The fraction of sp³-hybridized carbons (Fsp3) is 0.529. The minimum absolute atomic E-state index is 0.142. The fourth-order valence-corrected chi connectivity index (χ4v) is 4.16. The molecule has 1 atom stereocenters. The van der Waals surface area contributed by atoms with Gasteiger partial charge in [-0.05, 0) is 31.4 Å². The summed E-state index contributed by atoms with van der Waals surface area (Å²) >= 11 is 1.03. The van der Waals surface area contributed by atoms with Crippen LogP contribution >= 0.6 is 11.8 Å². The van der Waals surface area contributed by atoms with Crippen LogP contribution in [-0.4, -0.2) is 37.8 Å². The number of aryl methyl sites for hydroxylation is 1. The van der Waals surface area contributed by atoms with Crippen molar-refractivity contribution in [3.63, 3.8) is 0 Å². The van der Waals surface area contributed by atoms with Gasteiger partial charge in [0.2, 0.25) is 21.0 Å². The third-order valence-electron chi connectivity index (χ3n) is 3.34. The average Bonchev–Trinajstić information content (AvgIpc) is 2.50. The van der Waals surface area contributed by atoms with Crippen molar-refractivity contribution in [2.75, 3.05) is 12.3 Å². The zero-order valence-corrected chi connectivity index (χ0v) is 16.7. The summed E-state index contributed by atoms with van der Waals surface area (Å²) < 4.78 is 27.6. The Balaban J connectivity index is 2.78. The Kier molecular flexibility index (Phi) is 8.61. The predicted molar refractivity (Wildman–Crippen MR) is 101 cm³/mol. The Hall–Kier alpha value is -1.38. The van der Waals surface area contributed by atoms with Gasteiger partial charge in [-0.2, -0.15) is 4.72 Å². The quantitative estimate of drug-likeness (QED) is 0.634. The molecule has 140 valence electrons. The van der Waals surface area contributed by atoms with E-state index in [-0.39, 0.29) is 21.8 Å². The first-order valence-corrected chi connectivity index (χ1v) is 10.6. The molecule has 1 rings (SSSR count). The highest BCUT2D eigenvalue weighted by atomic mass is 32.2. The van der Waals surface area contributed by atoms with Gasteiger partial charge in [-0.15, -0.1) is 0 Å². The number of sulfonamides is 1. The monoisotopic (exact) mass is 386 g/mol. The molecule has 0 heterocycles. The number of thioether (sulfide) groups is 1. The number of carbonyl (C=O) groups is 2. The van der Waals surface area contributed by atoms with Crippen LogP contribution in [0.15, 0.2) is 29.2 Å². The molecule has 0 aliphatic carbocycles. The van der Waals surface area contributed by atoms with Crippen molar-refractivity contribution in [2.24, 2.45) is 5.92 Å². The molecule has 0 aromatic heterocycles. The Labute approximate surface area is 154 Å². The van der Waals surface area contributed by atoms with Crippen molar-refractivity contribution in [1.82, 2.24) is 10.0 Å². The molecule has 0 saturated heterocycles. The zero-order valence-electron chi connectivity index (χ0n) is 15.0. The van der Waals surface area contributed by atoms with E-state index in [9.17, 15) is 18.0 Å². The van der Waals surface area contributed by atoms with Gasteiger partial charge < -0.3 is 5.32 Å². The van der Waals surface area contributed by atoms with E-state index in [0.29, 0.717) is 18.7 Å². The fourth-order valence-electron chi connectivity index (χ4n) is 2.12. The van der Waals surface area contributed by atoms with Crippen molar-refractivity contribution < 1.29 is 18.0 Å². The van der Waals surface area contributed by atoms with Gasteiger partial charge in [0, 0.05) is 19.2 Å². The predicted octanol–water partition coefficient (Wildman–Crippen LogP) is 2.08. The van der Waals surface area contributed by atoms with E-state index in [1.54, 1.807) is 12.1 Å². The molecule has 1 aromatic rings. The molecule has 1 amide bonds. The van der Waals surface area contributed by atoms with E-state index < -0.39 is 16.1 Å². The number of rotatable bonds is 9. The third kappa shape index (κ3) is 8.02. The molecule has 0 radical (unpaired) electrons. The Morgan fingerprint density at radius 1 is 1.16 bits per heavy atom. The molecule has 25 heavy (non-hydrogen) atoms. The van der Waals surface area contributed by atoms with Crippen LogP contribution in [0.4, 0.5) is 0 Å². The van der Waals surface area contributed by atoms with Crippen LogP contribution in [0.5, 0.6) is 0 Å². The summed E-state index contributed by atoms with van der Waals surface area (Å²) in [5.41, 5.74) is 0.960. The van der Waals surface area contributed by atoms with Gasteiger partial charge in [0.15, 0.2) is 0 Å². The summed E-state index contributed by atoms with van der Waals surface area (Å²) in [4.78, 5) is 23.4. The van der Waals surface area contributed by atoms with E-state index in [2.05, 4.69) is 10.0 Å². The summed E-state index contributed by atoms with van der Waals surface area (Å²) in [7, 11) is -3.76. The SMILES string of the molecule is CC(=O)NCCSC(=O)[C@H](CC(C)C)NS(=O)(=O)c1ccc(C)cc1. The molecule has 0 fully saturated rings. The van der Waals surface area contributed by atoms with Gasteiger partial charge in [-0.3, -0.25) is 9.59 Å². The smallest absolute Gasteiger partial charge is 0.241 e. The minimum Gasteiger partial charge on any atom is -0.356 e. The van der Waals surface area contributed by atoms with E-state index in [1.165, 1.54) is 19.1 Å². The maximum absolute atomic E-state index is 12.5. The molecule has 2 N–H and O–H groups in total. The maximum atomic E-state index is 12.5. The lowest BCUT2D eigenvalue weighted by molar-refractivity contribution is -0.119. The molecular formula is C17H26N2O4S2. The third-order valence-corrected chi connectivity index (χ3v) is 5.81. The van der Waals surface area contributed by atoms with Gasteiger partial charge in [0.1, 0.15) is 0 Å². The van der Waals surface area contributed by atoms with Gasteiger partial charge in [0.25, 0.3) is 0 Å². The molecule has 8 heteroatoms. The lowest BCUT2D eigenvalue weighted by atomic mass is 10.1. The Morgan fingerprint density at radius 2 is 1.76 bits per heavy atom. The van der Waals surface area contributed by atoms with Crippen LogP contribution in [-0.2, 0) is 19.6 Å². The van der Waals surface area contributed by atoms with E-state index in [1.807, 2.05) is 20.8 Å². The molecule has 0 aliphatic rings. The van der Waals surface area contributed by atoms with Crippen LogP contribution in [0, 0.1) is 12.8 Å². The summed E-state index contributed by atoms with van der Waals surface area (Å²) in [6.45, 7) is 7.51. The average molecular weight is 387 g/mol. The highest BCUT2D eigenvalue weighted by Gasteiger charge is 2.26. The number of benzene rings is 1. The van der Waals surface area contributed by atoms with Crippen LogP contribution in [0.3, 0.4) is 0 Å². The van der Waals surface area contributed by atoms with Crippen molar-refractivity contribution in [1.29, 1.82) is 0 Å². The summed E-state index contributed by atoms with van der Waals surface area (Å²) in [6.07, 6.45) is 0.414. The van der Waals surface area contributed by atoms with Crippen molar-refractivity contribution >= 4 is 32.8 Å². The second kappa shape index (κ2) is 9.94. The first-order chi connectivity index (χ1) is 11.6. The largest absolute Gasteiger partial charge is 0.356 e. The number of amides is 1. The minimum atomic E-state index is -3.76. The molecule has 6 nitrogen and oxygen atoms in total. The summed E-state index contributed by atoms with van der Waals surface area (Å²) in [5, 5.41) is 2.37. The second-order valence-corrected chi connectivity index (χ2v) is 9.08. The molecule has 0 spiro atoms. The normalized spacial score (nSPS) is 12.8. The topological polar surface area (TPSA) is 92.3 Å². The second-order valence-electron chi connectivity index (χ2n) is 6.27. The van der Waals surface area contributed by atoms with Crippen LogP contribution in [0.1, 0.15) is 32.8 Å². The Bertz CT molecular complexity index is 685. The molecule has 0 aliphatic heterocycles. The van der Waals surface area contributed by atoms with Gasteiger partial charge >= 0.3 is 0 Å². The van der Waals surface area contributed by atoms with Gasteiger partial charge in [0.05, 0.1) is 10.9 Å². The number of hydrogen-bond acceptors (Lipinski definition) is 5. The van der Waals surface area contributed by atoms with Crippen LogP contribution in [0.25, 0.3) is 0 Å². The lowest BCUT2D eigenvalue weighted by Crippen LogP contribution is -2.40. The van der Waals surface area contributed by atoms with E-state index >= 15 is 0 Å². The van der Waals surface area contributed by atoms with Crippen molar-refractivity contribution in [3.05, 3.63) is 29.8 Å². The molecular weight excluding hydrogens is 360 g/mol. The van der Waals surface area contributed by atoms with Crippen LogP contribution < -0.4 is 10.0 Å². The molecule has 1 aromatic carbocycles. The lowest BCUT2D eigenvalue weighted by Gasteiger charge is -2.19. The molecule has 0 saturated carbocycles. The standard InChI is InChI=1S/C17H26N2O4S2/c1-12(2)11-16(17(21)24-10-9-18-14(4)20)19-25(22,23)15-7-5-13(3)6-8-15/h5-8,12,16,19H,9-11H2,1-4H3,(H,18,20)/t16-/m0/s1. The first kappa shape index (κ1) is 21.7.